The molecule has 0 radical (unpaired) electrons. The molecule has 1 aromatic heterocycles. The number of aryl methyl sites for hydroxylation is 2. The number of nitrogens with one attached hydrogen (secondary N) is 1. The molecular formula is C13H13Cl2N3O2. The van der Waals surface area contributed by atoms with Gasteiger partial charge in [0.05, 0.1) is 5.02 Å². The molecule has 0 fully saturated rings. The molecule has 1 amide bonds. The van der Waals surface area contributed by atoms with Gasteiger partial charge in [-0.3, -0.25) is 9.48 Å². The standard InChI is InChI=1S/C13H13Cl2N3O2/c1-8-5-12(17-18(8)2)16-13(19)7-20-11-4-3-9(14)6-10(11)15/h3-6H,7H2,1-2H3,(H,16,17,19). The highest BCUT2D eigenvalue weighted by atomic mass is 35.5. The van der Waals surface area contributed by atoms with Gasteiger partial charge in [0, 0.05) is 23.8 Å². The van der Waals surface area contributed by atoms with Crippen LogP contribution in [0.1, 0.15) is 5.69 Å². The van der Waals surface area contributed by atoms with Gasteiger partial charge in [-0.25, -0.2) is 0 Å². The molecule has 1 heterocycles. The molecule has 0 unspecified atom stereocenters. The SMILES string of the molecule is Cc1cc(NC(=O)COc2ccc(Cl)cc2Cl)nn1C. The van der Waals surface area contributed by atoms with E-state index in [0.717, 1.165) is 5.69 Å². The first-order chi connectivity index (χ1) is 9.45. The second kappa shape index (κ2) is 6.15. The third-order valence-electron chi connectivity index (χ3n) is 2.63. The zero-order valence-electron chi connectivity index (χ0n) is 11.0. The Morgan fingerprint density at radius 3 is 2.75 bits per heavy atom. The van der Waals surface area contributed by atoms with Crippen molar-refractivity contribution in [3.8, 4) is 5.75 Å². The lowest BCUT2D eigenvalue weighted by Crippen LogP contribution is -2.20. The van der Waals surface area contributed by atoms with Crippen LogP contribution in [0, 0.1) is 6.92 Å². The first-order valence-corrected chi connectivity index (χ1v) is 6.59. The summed E-state index contributed by atoms with van der Waals surface area (Å²) >= 11 is 11.7. The summed E-state index contributed by atoms with van der Waals surface area (Å²) in [4.78, 5) is 11.7. The van der Waals surface area contributed by atoms with Crippen LogP contribution in [0.3, 0.4) is 0 Å². The topological polar surface area (TPSA) is 56.1 Å². The Morgan fingerprint density at radius 1 is 1.40 bits per heavy atom. The summed E-state index contributed by atoms with van der Waals surface area (Å²) in [5.74, 6) is 0.582. The number of ether oxygens (including phenoxy) is 1. The first-order valence-electron chi connectivity index (χ1n) is 5.84. The summed E-state index contributed by atoms with van der Waals surface area (Å²) in [5.41, 5.74) is 0.946. The highest BCUT2D eigenvalue weighted by molar-refractivity contribution is 6.35. The fourth-order valence-corrected chi connectivity index (χ4v) is 2.00. The summed E-state index contributed by atoms with van der Waals surface area (Å²) < 4.78 is 7.00. The minimum absolute atomic E-state index is 0.156. The Hall–Kier alpha value is -1.72. The van der Waals surface area contributed by atoms with E-state index in [2.05, 4.69) is 10.4 Å². The molecule has 5 nitrogen and oxygen atoms in total. The van der Waals surface area contributed by atoms with Crippen LogP contribution >= 0.6 is 23.2 Å². The number of hydrogen-bond donors (Lipinski definition) is 1. The monoisotopic (exact) mass is 313 g/mol. The number of aromatic nitrogens is 2. The molecule has 20 heavy (non-hydrogen) atoms. The second-order valence-electron chi connectivity index (χ2n) is 4.21. The third kappa shape index (κ3) is 3.65. The summed E-state index contributed by atoms with van der Waals surface area (Å²) in [5, 5.41) is 7.63. The van der Waals surface area contributed by atoms with Crippen molar-refractivity contribution in [2.75, 3.05) is 11.9 Å². The van der Waals surface area contributed by atoms with E-state index in [9.17, 15) is 4.79 Å². The molecule has 0 aliphatic rings. The molecule has 1 N–H and O–H groups in total. The molecule has 7 heteroatoms. The van der Waals surface area contributed by atoms with Gasteiger partial charge in [-0.05, 0) is 25.1 Å². The van der Waals surface area contributed by atoms with Crippen LogP contribution in [0.4, 0.5) is 5.82 Å². The number of carbonyl (C=O) groups is 1. The smallest absolute Gasteiger partial charge is 0.263 e. The van der Waals surface area contributed by atoms with E-state index in [1.54, 1.807) is 36.0 Å². The quantitative estimate of drug-likeness (QED) is 0.943. The molecule has 0 atom stereocenters. The highest BCUT2D eigenvalue weighted by Gasteiger charge is 2.09. The molecule has 0 bridgehead atoms. The lowest BCUT2D eigenvalue weighted by atomic mass is 10.3. The van der Waals surface area contributed by atoms with Crippen LogP contribution in [-0.4, -0.2) is 22.3 Å². The van der Waals surface area contributed by atoms with Gasteiger partial charge < -0.3 is 10.1 Å². The number of nitrogens with zero attached hydrogens (tertiary/aromatic N) is 2. The van der Waals surface area contributed by atoms with Crippen molar-refractivity contribution < 1.29 is 9.53 Å². The van der Waals surface area contributed by atoms with E-state index in [4.69, 9.17) is 27.9 Å². The number of carbonyl (C=O) groups excluding carboxylic acids is 1. The van der Waals surface area contributed by atoms with Crippen LogP contribution < -0.4 is 10.1 Å². The van der Waals surface area contributed by atoms with Gasteiger partial charge >= 0.3 is 0 Å². The molecule has 2 rings (SSSR count). The lowest BCUT2D eigenvalue weighted by Gasteiger charge is -2.07. The average Bonchev–Trinajstić information content (AvgIpc) is 2.67. The fraction of sp³-hybridized carbons (Fsp3) is 0.231. The lowest BCUT2D eigenvalue weighted by molar-refractivity contribution is -0.118. The van der Waals surface area contributed by atoms with E-state index >= 15 is 0 Å². The van der Waals surface area contributed by atoms with Crippen molar-refractivity contribution >= 4 is 34.9 Å². The molecule has 0 aliphatic carbocycles. The Morgan fingerprint density at radius 2 is 2.15 bits per heavy atom. The number of amides is 1. The average molecular weight is 314 g/mol. The van der Waals surface area contributed by atoms with Crippen molar-refractivity contribution in [2.45, 2.75) is 6.92 Å². The normalized spacial score (nSPS) is 10.4. The van der Waals surface area contributed by atoms with Gasteiger partial charge in [0.15, 0.2) is 12.4 Å². The Labute approximate surface area is 126 Å². The maximum atomic E-state index is 11.7. The molecule has 106 valence electrons. The maximum Gasteiger partial charge on any atom is 0.263 e. The van der Waals surface area contributed by atoms with E-state index in [0.29, 0.717) is 21.6 Å². The minimum Gasteiger partial charge on any atom is -0.482 e. The van der Waals surface area contributed by atoms with Gasteiger partial charge in [-0.15, -0.1) is 0 Å². The van der Waals surface area contributed by atoms with Crippen LogP contribution in [0.25, 0.3) is 0 Å². The fourth-order valence-electron chi connectivity index (χ4n) is 1.54. The Balaban J connectivity index is 1.92. The number of rotatable bonds is 4. The van der Waals surface area contributed by atoms with Crippen molar-refractivity contribution in [1.82, 2.24) is 9.78 Å². The number of anilines is 1. The molecule has 0 aliphatic heterocycles. The number of hydrogen-bond acceptors (Lipinski definition) is 3. The van der Waals surface area contributed by atoms with Crippen molar-refractivity contribution in [2.24, 2.45) is 7.05 Å². The Kier molecular flexibility index (Phi) is 4.52. The summed E-state index contributed by atoms with van der Waals surface area (Å²) in [7, 11) is 1.80. The van der Waals surface area contributed by atoms with Crippen LogP contribution in [0.5, 0.6) is 5.75 Å². The summed E-state index contributed by atoms with van der Waals surface area (Å²) in [6.07, 6.45) is 0. The highest BCUT2D eigenvalue weighted by Crippen LogP contribution is 2.27. The maximum absolute atomic E-state index is 11.7. The van der Waals surface area contributed by atoms with Crippen LogP contribution in [-0.2, 0) is 11.8 Å². The summed E-state index contributed by atoms with van der Waals surface area (Å²) in [6.45, 7) is 1.74. The van der Waals surface area contributed by atoms with E-state index < -0.39 is 0 Å². The third-order valence-corrected chi connectivity index (χ3v) is 3.16. The van der Waals surface area contributed by atoms with E-state index in [-0.39, 0.29) is 12.5 Å². The van der Waals surface area contributed by atoms with Crippen molar-refractivity contribution in [3.63, 3.8) is 0 Å². The van der Waals surface area contributed by atoms with E-state index in [1.165, 1.54) is 0 Å². The number of benzene rings is 1. The van der Waals surface area contributed by atoms with Crippen molar-refractivity contribution in [3.05, 3.63) is 40.0 Å². The molecule has 1 aromatic carbocycles. The molecule has 2 aromatic rings. The number of halogens is 2. The van der Waals surface area contributed by atoms with Gasteiger partial charge in [0.25, 0.3) is 5.91 Å². The first kappa shape index (κ1) is 14.7. The van der Waals surface area contributed by atoms with E-state index in [1.807, 2.05) is 6.92 Å². The van der Waals surface area contributed by atoms with Crippen LogP contribution in [0.2, 0.25) is 10.0 Å². The molecule has 0 spiro atoms. The zero-order chi connectivity index (χ0) is 14.7. The van der Waals surface area contributed by atoms with Gasteiger partial charge in [-0.1, -0.05) is 23.2 Å². The zero-order valence-corrected chi connectivity index (χ0v) is 12.5. The largest absolute Gasteiger partial charge is 0.482 e. The van der Waals surface area contributed by atoms with Crippen LogP contribution in [0.15, 0.2) is 24.3 Å². The van der Waals surface area contributed by atoms with Gasteiger partial charge in [-0.2, -0.15) is 5.10 Å². The Bertz CT molecular complexity index is 621. The van der Waals surface area contributed by atoms with Gasteiger partial charge in [0.2, 0.25) is 0 Å². The molecule has 0 saturated carbocycles. The summed E-state index contributed by atoms with van der Waals surface area (Å²) in [6, 6.07) is 6.58. The van der Waals surface area contributed by atoms with Gasteiger partial charge in [0.1, 0.15) is 5.75 Å². The molecule has 0 saturated heterocycles. The second-order valence-corrected chi connectivity index (χ2v) is 5.05. The van der Waals surface area contributed by atoms with Crippen molar-refractivity contribution in [1.29, 1.82) is 0 Å². The predicted molar refractivity (Wildman–Crippen MR) is 78.5 cm³/mol. The minimum atomic E-state index is -0.311. The molecular weight excluding hydrogens is 301 g/mol. The predicted octanol–water partition coefficient (Wildman–Crippen LogP) is 3.05.